The maximum absolute atomic E-state index is 12.9. The molecule has 2 aromatic carbocycles. The molecule has 126 valence electrons. The summed E-state index contributed by atoms with van der Waals surface area (Å²) in [5.41, 5.74) is 0.612. The number of benzene rings is 2. The fraction of sp³-hybridized carbons (Fsp3) is 0.381. The Morgan fingerprint density at radius 1 is 1.04 bits per heavy atom. The summed E-state index contributed by atoms with van der Waals surface area (Å²) in [6.07, 6.45) is 2.26. The zero-order valence-electron chi connectivity index (χ0n) is 14.5. The van der Waals surface area contributed by atoms with Crippen molar-refractivity contribution in [2.24, 2.45) is 0 Å². The quantitative estimate of drug-likeness (QED) is 0.815. The van der Waals surface area contributed by atoms with E-state index in [1.54, 1.807) is 0 Å². The van der Waals surface area contributed by atoms with Gasteiger partial charge < -0.3 is 9.64 Å². The van der Waals surface area contributed by atoms with Gasteiger partial charge >= 0.3 is 0 Å². The first-order chi connectivity index (χ1) is 11.7. The van der Waals surface area contributed by atoms with Gasteiger partial charge in [0.1, 0.15) is 17.3 Å². The molecule has 1 saturated heterocycles. The van der Waals surface area contributed by atoms with Crippen molar-refractivity contribution in [2.45, 2.75) is 31.6 Å². The molecule has 24 heavy (non-hydrogen) atoms. The molecule has 0 aromatic heterocycles. The normalized spacial score (nSPS) is 17.4. The number of rotatable bonds is 5. The van der Waals surface area contributed by atoms with Crippen LogP contribution in [0.25, 0.3) is 0 Å². The van der Waals surface area contributed by atoms with Crippen LogP contribution in [0.4, 0.5) is 0 Å². The summed E-state index contributed by atoms with van der Waals surface area (Å²) in [6.45, 7) is 3.83. The first-order valence-electron chi connectivity index (χ1n) is 8.70. The number of carbonyl (C=O) groups excluding carboxylic acids is 1. The molecular formula is C21H25NO2. The highest BCUT2D eigenvalue weighted by molar-refractivity contribution is 5.91. The number of likely N-dealkylation sites (tertiary alicyclic amines) is 1. The molecule has 2 aromatic rings. The van der Waals surface area contributed by atoms with Crippen LogP contribution < -0.4 is 4.74 Å². The van der Waals surface area contributed by atoms with Crippen molar-refractivity contribution in [2.75, 3.05) is 20.1 Å². The van der Waals surface area contributed by atoms with Gasteiger partial charge in [-0.05, 0) is 51.2 Å². The number of ether oxygens (including phenoxy) is 1. The van der Waals surface area contributed by atoms with Gasteiger partial charge in [0.05, 0.1) is 5.41 Å². The van der Waals surface area contributed by atoms with E-state index in [-0.39, 0.29) is 0 Å². The molecule has 0 saturated carbocycles. The molecule has 0 unspecified atom stereocenters. The largest absolute Gasteiger partial charge is 0.457 e. The van der Waals surface area contributed by atoms with E-state index in [1.165, 1.54) is 0 Å². The maximum atomic E-state index is 12.9. The first kappa shape index (κ1) is 16.7. The summed E-state index contributed by atoms with van der Waals surface area (Å²) in [6, 6.07) is 17.8. The number of nitrogens with zero attached hydrogens (tertiary/aromatic N) is 1. The summed E-state index contributed by atoms with van der Waals surface area (Å²) < 4.78 is 6.14. The maximum Gasteiger partial charge on any atom is 0.143 e. The van der Waals surface area contributed by atoms with Crippen LogP contribution in [-0.2, 0) is 10.2 Å². The molecule has 0 N–H and O–H groups in total. The van der Waals surface area contributed by atoms with E-state index in [1.807, 2.05) is 55.5 Å². The summed E-state index contributed by atoms with van der Waals surface area (Å²) >= 11 is 0. The molecular weight excluding hydrogens is 298 g/mol. The molecule has 0 atom stereocenters. The van der Waals surface area contributed by atoms with Crippen LogP contribution >= 0.6 is 0 Å². The van der Waals surface area contributed by atoms with Gasteiger partial charge in [-0.3, -0.25) is 4.79 Å². The third-order valence-electron chi connectivity index (χ3n) is 5.07. The van der Waals surface area contributed by atoms with Gasteiger partial charge in [-0.1, -0.05) is 43.3 Å². The van der Waals surface area contributed by atoms with Crippen LogP contribution in [0.3, 0.4) is 0 Å². The summed E-state index contributed by atoms with van der Waals surface area (Å²) in [7, 11) is 2.12. The molecule has 0 aliphatic carbocycles. The number of Topliss-reactive ketones (excluding diaryl/α,β-unsaturated/α-hetero) is 1. The molecule has 3 rings (SSSR count). The number of piperidine rings is 1. The lowest BCUT2D eigenvalue weighted by Gasteiger charge is -2.40. The van der Waals surface area contributed by atoms with E-state index in [2.05, 4.69) is 18.0 Å². The number of carbonyl (C=O) groups is 1. The summed E-state index contributed by atoms with van der Waals surface area (Å²) in [5, 5.41) is 0. The topological polar surface area (TPSA) is 29.5 Å². The second-order valence-corrected chi connectivity index (χ2v) is 6.57. The first-order valence-corrected chi connectivity index (χ1v) is 8.70. The molecule has 3 nitrogen and oxygen atoms in total. The minimum atomic E-state index is -0.424. The fourth-order valence-corrected chi connectivity index (χ4v) is 3.60. The van der Waals surface area contributed by atoms with Crippen LogP contribution in [0, 0.1) is 0 Å². The van der Waals surface area contributed by atoms with Crippen LogP contribution in [-0.4, -0.2) is 30.8 Å². The second kappa shape index (κ2) is 7.18. The molecule has 1 heterocycles. The number of para-hydroxylation sites is 2. The van der Waals surface area contributed by atoms with E-state index in [0.29, 0.717) is 12.2 Å². The van der Waals surface area contributed by atoms with E-state index in [4.69, 9.17) is 4.74 Å². The van der Waals surface area contributed by atoms with Crippen molar-refractivity contribution in [3.8, 4) is 11.5 Å². The standard InChI is InChI=1S/C21H25NO2/c1-3-20(23)21(13-15-22(2)16-14-21)18-11-7-8-12-19(18)24-17-9-5-4-6-10-17/h4-12H,3,13-16H2,1-2H3. The van der Waals surface area contributed by atoms with Gasteiger partial charge in [-0.25, -0.2) is 0 Å². The van der Waals surface area contributed by atoms with Crippen molar-refractivity contribution >= 4 is 5.78 Å². The molecule has 1 fully saturated rings. The van der Waals surface area contributed by atoms with Crippen LogP contribution in [0.1, 0.15) is 31.7 Å². The fourth-order valence-electron chi connectivity index (χ4n) is 3.60. The zero-order valence-corrected chi connectivity index (χ0v) is 14.5. The SMILES string of the molecule is CCC(=O)C1(c2ccccc2Oc2ccccc2)CCN(C)CC1. The Balaban J connectivity index is 2.01. The Kier molecular flexibility index (Phi) is 5.00. The molecule has 0 bridgehead atoms. The van der Waals surface area contributed by atoms with Gasteiger partial charge in [-0.2, -0.15) is 0 Å². The average molecular weight is 323 g/mol. The Bertz CT molecular complexity index is 688. The Morgan fingerprint density at radius 3 is 2.33 bits per heavy atom. The smallest absolute Gasteiger partial charge is 0.143 e. The molecule has 3 heteroatoms. The van der Waals surface area contributed by atoms with Crippen molar-refractivity contribution in [1.29, 1.82) is 0 Å². The van der Waals surface area contributed by atoms with Gasteiger partial charge in [0, 0.05) is 12.0 Å². The third-order valence-corrected chi connectivity index (χ3v) is 5.07. The van der Waals surface area contributed by atoms with E-state index in [9.17, 15) is 4.79 Å². The average Bonchev–Trinajstić information content (AvgIpc) is 2.63. The number of hydrogen-bond acceptors (Lipinski definition) is 3. The lowest BCUT2D eigenvalue weighted by atomic mass is 9.68. The predicted molar refractivity (Wildman–Crippen MR) is 96.7 cm³/mol. The highest BCUT2D eigenvalue weighted by Crippen LogP contribution is 2.42. The van der Waals surface area contributed by atoms with E-state index < -0.39 is 5.41 Å². The third kappa shape index (κ3) is 3.22. The second-order valence-electron chi connectivity index (χ2n) is 6.57. The highest BCUT2D eigenvalue weighted by Gasteiger charge is 2.42. The Morgan fingerprint density at radius 2 is 1.67 bits per heavy atom. The van der Waals surface area contributed by atoms with Crippen molar-refractivity contribution in [3.05, 3.63) is 60.2 Å². The summed E-state index contributed by atoms with van der Waals surface area (Å²) in [4.78, 5) is 15.2. The van der Waals surface area contributed by atoms with Crippen molar-refractivity contribution in [1.82, 2.24) is 4.90 Å². The van der Waals surface area contributed by atoms with Crippen molar-refractivity contribution < 1.29 is 9.53 Å². The van der Waals surface area contributed by atoms with Gasteiger partial charge in [0.15, 0.2) is 0 Å². The van der Waals surface area contributed by atoms with Crippen LogP contribution in [0.2, 0.25) is 0 Å². The molecule has 0 spiro atoms. The number of hydrogen-bond donors (Lipinski definition) is 0. The molecule has 1 aliphatic rings. The van der Waals surface area contributed by atoms with Gasteiger partial charge in [-0.15, -0.1) is 0 Å². The van der Waals surface area contributed by atoms with E-state index in [0.717, 1.165) is 43.0 Å². The minimum Gasteiger partial charge on any atom is -0.457 e. The van der Waals surface area contributed by atoms with Crippen LogP contribution in [0.15, 0.2) is 54.6 Å². The van der Waals surface area contributed by atoms with E-state index >= 15 is 0 Å². The predicted octanol–water partition coefficient (Wildman–Crippen LogP) is 4.42. The molecule has 0 radical (unpaired) electrons. The van der Waals surface area contributed by atoms with Gasteiger partial charge in [0.2, 0.25) is 0 Å². The van der Waals surface area contributed by atoms with Crippen molar-refractivity contribution in [3.63, 3.8) is 0 Å². The number of ketones is 1. The lowest BCUT2D eigenvalue weighted by molar-refractivity contribution is -0.126. The Hall–Kier alpha value is -2.13. The molecule has 1 aliphatic heterocycles. The zero-order chi connectivity index (χ0) is 17.0. The summed E-state index contributed by atoms with van der Waals surface area (Å²) in [5.74, 6) is 1.92. The minimum absolute atomic E-state index is 0.319. The van der Waals surface area contributed by atoms with Gasteiger partial charge in [0.25, 0.3) is 0 Å². The highest BCUT2D eigenvalue weighted by atomic mass is 16.5. The van der Waals surface area contributed by atoms with Crippen LogP contribution in [0.5, 0.6) is 11.5 Å². The lowest BCUT2D eigenvalue weighted by Crippen LogP contribution is -2.46. The molecule has 0 amide bonds. The Labute approximate surface area is 144 Å². The monoisotopic (exact) mass is 323 g/mol.